The van der Waals surface area contributed by atoms with Crippen LogP contribution in [0.2, 0.25) is 0 Å². The number of thiocarbonyl (C=S) groups is 1. The van der Waals surface area contributed by atoms with E-state index in [1.807, 2.05) is 0 Å². The van der Waals surface area contributed by atoms with Crippen LogP contribution in [0.15, 0.2) is 78.2 Å². The van der Waals surface area contributed by atoms with Crippen LogP contribution >= 0.6 is 12.2 Å². The highest BCUT2D eigenvalue weighted by atomic mass is 32.1. The van der Waals surface area contributed by atoms with Crippen LogP contribution < -0.4 is 15.3 Å². The van der Waals surface area contributed by atoms with Gasteiger partial charge in [0.25, 0.3) is 0 Å². The number of hydrazone groups is 1. The van der Waals surface area contributed by atoms with Crippen LogP contribution in [-0.2, 0) is 0 Å². The van der Waals surface area contributed by atoms with E-state index in [-0.39, 0.29) is 5.75 Å². The Morgan fingerprint density at radius 2 is 1.64 bits per heavy atom. The van der Waals surface area contributed by atoms with Gasteiger partial charge in [-0.3, -0.25) is 5.43 Å². The third-order valence-corrected chi connectivity index (χ3v) is 4.75. The molecule has 0 aliphatic rings. The standard InChI is InChI=1S/C23H15F5N6OS/c24-19-2-1-3-20(25)21(19)34(31-14-36)30-12-15-4-6-16(7-5-15)22-29-13-33(32-22)17-8-10-18(11-9-17)35-23(26,27)28/h1-14H,(H,31,36)/b30-12+. The number of hydrogen-bond donors (Lipinski definition) is 1. The van der Waals surface area contributed by atoms with Gasteiger partial charge in [0.1, 0.15) is 12.1 Å². The molecule has 0 spiro atoms. The minimum Gasteiger partial charge on any atom is -0.406 e. The van der Waals surface area contributed by atoms with E-state index in [2.05, 4.69) is 25.3 Å². The third-order valence-electron chi connectivity index (χ3n) is 4.64. The van der Waals surface area contributed by atoms with Crippen LogP contribution in [-0.4, -0.2) is 32.8 Å². The van der Waals surface area contributed by atoms with Crippen LogP contribution in [0.5, 0.6) is 5.75 Å². The molecule has 0 saturated heterocycles. The van der Waals surface area contributed by atoms with E-state index in [0.717, 1.165) is 22.7 Å². The number of nitrogens with zero attached hydrogens (tertiary/aromatic N) is 5. The molecule has 4 rings (SSSR count). The maximum atomic E-state index is 14.1. The summed E-state index contributed by atoms with van der Waals surface area (Å²) >= 11 is 4.72. The molecule has 1 N–H and O–H groups in total. The zero-order valence-electron chi connectivity index (χ0n) is 18.0. The van der Waals surface area contributed by atoms with Crippen LogP contribution in [0.25, 0.3) is 17.1 Å². The summed E-state index contributed by atoms with van der Waals surface area (Å²) < 4.78 is 70.4. The van der Waals surface area contributed by atoms with Gasteiger partial charge in [0.05, 0.1) is 17.4 Å². The summed E-state index contributed by atoms with van der Waals surface area (Å²) in [5, 5.41) is 9.26. The lowest BCUT2D eigenvalue weighted by molar-refractivity contribution is -0.274. The summed E-state index contributed by atoms with van der Waals surface area (Å²) in [6, 6.07) is 15.4. The van der Waals surface area contributed by atoms with E-state index >= 15 is 0 Å². The number of hydrazine groups is 1. The summed E-state index contributed by atoms with van der Waals surface area (Å²) in [6.07, 6.45) is -1.98. The number of aromatic nitrogens is 3. The Labute approximate surface area is 206 Å². The maximum Gasteiger partial charge on any atom is 0.573 e. The molecule has 0 atom stereocenters. The number of ether oxygens (including phenoxy) is 1. The molecule has 7 nitrogen and oxygen atoms in total. The number of nitrogens with one attached hydrogen (secondary N) is 1. The molecule has 0 saturated carbocycles. The Hall–Kier alpha value is -4.39. The maximum absolute atomic E-state index is 14.1. The average molecular weight is 518 g/mol. The molecule has 0 aliphatic carbocycles. The molecule has 1 aromatic heterocycles. The molecular weight excluding hydrogens is 503 g/mol. The van der Waals surface area contributed by atoms with Gasteiger partial charge in [-0.25, -0.2) is 18.4 Å². The second kappa shape index (κ2) is 10.5. The van der Waals surface area contributed by atoms with Crippen LogP contribution in [0.3, 0.4) is 0 Å². The first-order valence-corrected chi connectivity index (χ1v) is 10.6. The van der Waals surface area contributed by atoms with Crippen molar-refractivity contribution in [1.29, 1.82) is 0 Å². The minimum atomic E-state index is -4.77. The Morgan fingerprint density at radius 1 is 0.972 bits per heavy atom. The van der Waals surface area contributed by atoms with Crippen molar-refractivity contribution in [1.82, 2.24) is 20.2 Å². The fraction of sp³-hybridized carbons (Fsp3) is 0.0435. The van der Waals surface area contributed by atoms with E-state index in [1.165, 1.54) is 47.6 Å². The van der Waals surface area contributed by atoms with Gasteiger partial charge in [-0.15, -0.1) is 18.3 Å². The van der Waals surface area contributed by atoms with Gasteiger partial charge in [0.2, 0.25) is 0 Å². The lowest BCUT2D eigenvalue weighted by Crippen LogP contribution is -2.33. The smallest absolute Gasteiger partial charge is 0.406 e. The number of para-hydroxylation sites is 1. The van der Waals surface area contributed by atoms with Crippen molar-refractivity contribution >= 4 is 29.6 Å². The van der Waals surface area contributed by atoms with Gasteiger partial charge in [-0.2, -0.15) is 10.2 Å². The van der Waals surface area contributed by atoms with Gasteiger partial charge in [0, 0.05) is 5.56 Å². The SMILES string of the molecule is Fc1cccc(F)c1N(/N=C/c1ccc(-c2ncn(-c3ccc(OC(F)(F)F)cc3)n2)cc1)NC=S. The first-order valence-electron chi connectivity index (χ1n) is 10.1. The van der Waals surface area contributed by atoms with E-state index in [0.29, 0.717) is 22.6 Å². The van der Waals surface area contributed by atoms with Crippen LogP contribution in [0, 0.1) is 11.6 Å². The molecule has 1 heterocycles. The van der Waals surface area contributed by atoms with E-state index in [4.69, 9.17) is 12.2 Å². The number of rotatable bonds is 8. The normalized spacial score (nSPS) is 11.5. The molecule has 0 amide bonds. The molecule has 3 aromatic carbocycles. The van der Waals surface area contributed by atoms with Gasteiger partial charge < -0.3 is 4.74 Å². The van der Waals surface area contributed by atoms with Crippen LogP contribution in [0.4, 0.5) is 27.6 Å². The van der Waals surface area contributed by atoms with Gasteiger partial charge in [-0.1, -0.05) is 42.5 Å². The number of alkyl halides is 3. The van der Waals surface area contributed by atoms with Crippen molar-refractivity contribution in [2.24, 2.45) is 5.10 Å². The first-order chi connectivity index (χ1) is 17.2. The molecule has 0 fully saturated rings. The summed E-state index contributed by atoms with van der Waals surface area (Å²) in [5.41, 5.74) is 4.86. The Morgan fingerprint density at radius 3 is 2.25 bits per heavy atom. The van der Waals surface area contributed by atoms with Crippen molar-refractivity contribution in [3.63, 3.8) is 0 Å². The zero-order valence-corrected chi connectivity index (χ0v) is 18.8. The monoisotopic (exact) mass is 518 g/mol. The molecule has 184 valence electrons. The Bertz CT molecular complexity index is 1350. The van der Waals surface area contributed by atoms with Crippen molar-refractivity contribution in [2.75, 3.05) is 5.12 Å². The zero-order chi connectivity index (χ0) is 25.7. The quantitative estimate of drug-likeness (QED) is 0.146. The van der Waals surface area contributed by atoms with E-state index in [9.17, 15) is 22.0 Å². The second-order valence-corrected chi connectivity index (χ2v) is 7.29. The Kier molecular flexibility index (Phi) is 7.20. The minimum absolute atomic E-state index is 0.346. The van der Waals surface area contributed by atoms with Crippen molar-refractivity contribution in [3.05, 3.63) is 90.3 Å². The fourth-order valence-electron chi connectivity index (χ4n) is 3.06. The molecule has 36 heavy (non-hydrogen) atoms. The third kappa shape index (κ3) is 5.99. The summed E-state index contributed by atoms with van der Waals surface area (Å²) in [6.45, 7) is 0. The molecule has 0 radical (unpaired) electrons. The Balaban J connectivity index is 1.48. The highest BCUT2D eigenvalue weighted by Crippen LogP contribution is 2.24. The topological polar surface area (TPSA) is 67.6 Å². The number of halogens is 5. The van der Waals surface area contributed by atoms with Crippen molar-refractivity contribution in [2.45, 2.75) is 6.36 Å². The summed E-state index contributed by atoms with van der Waals surface area (Å²) in [5.74, 6) is -1.63. The fourth-order valence-corrected chi connectivity index (χ4v) is 3.16. The summed E-state index contributed by atoms with van der Waals surface area (Å²) in [4.78, 5) is 4.22. The van der Waals surface area contributed by atoms with E-state index < -0.39 is 23.7 Å². The van der Waals surface area contributed by atoms with Gasteiger partial charge >= 0.3 is 6.36 Å². The average Bonchev–Trinajstić information content (AvgIpc) is 3.32. The largest absolute Gasteiger partial charge is 0.573 e. The van der Waals surface area contributed by atoms with Gasteiger partial charge in [-0.05, 0) is 42.0 Å². The first kappa shape index (κ1) is 24.7. The lowest BCUT2D eigenvalue weighted by Gasteiger charge is -2.18. The molecular formula is C23H15F5N6OS. The lowest BCUT2D eigenvalue weighted by atomic mass is 10.1. The predicted molar refractivity (Wildman–Crippen MR) is 127 cm³/mol. The highest BCUT2D eigenvalue weighted by molar-refractivity contribution is 7.78. The van der Waals surface area contributed by atoms with Crippen molar-refractivity contribution < 1.29 is 26.7 Å². The summed E-state index contributed by atoms with van der Waals surface area (Å²) in [7, 11) is 0. The molecule has 0 aliphatic heterocycles. The van der Waals surface area contributed by atoms with E-state index in [1.54, 1.807) is 24.3 Å². The number of anilines is 1. The second-order valence-electron chi connectivity index (χ2n) is 7.05. The van der Waals surface area contributed by atoms with Crippen molar-refractivity contribution in [3.8, 4) is 22.8 Å². The number of hydrogen-bond acceptors (Lipinski definition) is 6. The molecule has 0 bridgehead atoms. The molecule has 4 aromatic rings. The highest BCUT2D eigenvalue weighted by Gasteiger charge is 2.31. The predicted octanol–water partition coefficient (Wildman–Crippen LogP) is 5.41. The molecule has 0 unspecified atom stereocenters. The van der Waals surface area contributed by atoms with Crippen LogP contribution in [0.1, 0.15) is 5.56 Å². The molecule has 13 heteroatoms. The number of benzene rings is 3. The van der Waals surface area contributed by atoms with Gasteiger partial charge in [0.15, 0.2) is 23.1 Å².